The molecule has 0 fully saturated rings. The molecule has 7 nitrogen and oxygen atoms in total. The smallest absolute Gasteiger partial charge is 0.195 e. The van der Waals surface area contributed by atoms with Crippen LogP contribution in [0.5, 0.6) is 5.75 Å². The average molecular weight is 476 g/mol. The number of hydrogen-bond acceptors (Lipinski definition) is 7. The van der Waals surface area contributed by atoms with Gasteiger partial charge in [0.05, 0.1) is 40.6 Å². The summed E-state index contributed by atoms with van der Waals surface area (Å²) in [6, 6.07) is 7.71. The summed E-state index contributed by atoms with van der Waals surface area (Å²) in [5, 5.41) is 4.20. The summed E-state index contributed by atoms with van der Waals surface area (Å²) in [6.45, 7) is 12.6. The molecular weight excluding hydrogens is 434 g/mol. The fourth-order valence-corrected chi connectivity index (χ4v) is 2.72. The molecule has 0 aliphatic heterocycles. The minimum atomic E-state index is 0.428. The highest BCUT2D eigenvalue weighted by atomic mass is 16.5. The van der Waals surface area contributed by atoms with Gasteiger partial charge in [0, 0.05) is 11.1 Å². The van der Waals surface area contributed by atoms with Crippen LogP contribution in [0.3, 0.4) is 0 Å². The van der Waals surface area contributed by atoms with Crippen molar-refractivity contribution in [2.45, 2.75) is 48.0 Å². The van der Waals surface area contributed by atoms with Gasteiger partial charge < -0.3 is 28.2 Å². The van der Waals surface area contributed by atoms with E-state index in [0.29, 0.717) is 29.6 Å². The molecule has 0 bridgehead atoms. The van der Waals surface area contributed by atoms with Crippen molar-refractivity contribution in [1.82, 2.24) is 5.16 Å². The van der Waals surface area contributed by atoms with Gasteiger partial charge in [-0.25, -0.2) is 0 Å². The average Bonchev–Trinajstić information content (AvgIpc) is 3.39. The first kappa shape index (κ1) is 30.6. The third-order valence-corrected chi connectivity index (χ3v) is 4.33. The number of allylic oxidation sites excluding steroid dienone is 3. The molecule has 2 aromatic rings. The Morgan fingerprint density at radius 1 is 0.912 bits per heavy atom. The van der Waals surface area contributed by atoms with Crippen molar-refractivity contribution < 1.29 is 28.2 Å². The molecule has 0 radical (unpaired) electrons. The van der Waals surface area contributed by atoms with Gasteiger partial charge in [-0.2, -0.15) is 0 Å². The maximum atomic E-state index is 5.66. The van der Waals surface area contributed by atoms with Crippen LogP contribution >= 0.6 is 0 Å². The predicted octanol–water partition coefficient (Wildman–Crippen LogP) is 7.22. The van der Waals surface area contributed by atoms with Crippen LogP contribution in [0.25, 0.3) is 16.8 Å². The number of nitrogens with zero attached hydrogens (tertiary/aromatic N) is 1. The molecule has 1 aromatic carbocycles. The van der Waals surface area contributed by atoms with E-state index in [2.05, 4.69) is 12.1 Å². The molecule has 7 heteroatoms. The van der Waals surface area contributed by atoms with Crippen LogP contribution < -0.4 is 4.74 Å². The number of aromatic nitrogens is 1. The molecule has 0 amide bonds. The van der Waals surface area contributed by atoms with Crippen molar-refractivity contribution in [2.75, 3.05) is 35.0 Å². The molecule has 190 valence electrons. The van der Waals surface area contributed by atoms with E-state index in [0.717, 1.165) is 28.9 Å². The summed E-state index contributed by atoms with van der Waals surface area (Å²) in [4.78, 5) is 0. The molecule has 0 aliphatic carbocycles. The molecule has 0 saturated heterocycles. The van der Waals surface area contributed by atoms with Crippen LogP contribution in [0.1, 0.15) is 53.5 Å². The molecule has 0 unspecified atom stereocenters. The number of methoxy groups -OCH3 is 4. The van der Waals surface area contributed by atoms with Crippen molar-refractivity contribution in [3.63, 3.8) is 0 Å². The molecule has 0 atom stereocenters. The van der Waals surface area contributed by atoms with Crippen LogP contribution in [-0.4, -0.2) is 40.2 Å². The Balaban J connectivity index is 0.00000258. The van der Waals surface area contributed by atoms with Crippen LogP contribution in [0.15, 0.2) is 64.7 Å². The normalized spacial score (nSPS) is 11.7. The van der Waals surface area contributed by atoms with Crippen LogP contribution in [-0.2, 0) is 18.9 Å². The van der Waals surface area contributed by atoms with Gasteiger partial charge in [-0.05, 0) is 43.7 Å². The predicted molar refractivity (Wildman–Crippen MR) is 137 cm³/mol. The molecule has 2 rings (SSSR count). The van der Waals surface area contributed by atoms with E-state index in [9.17, 15) is 0 Å². The summed E-state index contributed by atoms with van der Waals surface area (Å²) in [6.07, 6.45) is 5.78. The molecule has 1 aromatic heterocycles. The van der Waals surface area contributed by atoms with Crippen molar-refractivity contribution in [2.24, 2.45) is 0 Å². The van der Waals surface area contributed by atoms with Crippen LogP contribution in [0.4, 0.5) is 0 Å². The first-order valence-electron chi connectivity index (χ1n) is 11.5. The Hall–Kier alpha value is -3.35. The number of hydrogen-bond donors (Lipinski definition) is 0. The SMILES string of the molecule is CC.CC.CCCOc1ccc(-c2nocc2C(/C=C(OC)\C(=C\OC)OC)=C(/C)OC)cc1. The Morgan fingerprint density at radius 2 is 1.53 bits per heavy atom. The fraction of sp³-hybridized carbons (Fsp3) is 0.444. The highest BCUT2D eigenvalue weighted by Crippen LogP contribution is 2.33. The second-order valence-electron chi connectivity index (χ2n) is 6.26. The number of rotatable bonds is 11. The second kappa shape index (κ2) is 18.1. The van der Waals surface area contributed by atoms with Gasteiger partial charge in [-0.1, -0.05) is 39.8 Å². The van der Waals surface area contributed by atoms with E-state index in [-0.39, 0.29) is 0 Å². The van der Waals surface area contributed by atoms with E-state index in [4.69, 9.17) is 28.2 Å². The molecule has 34 heavy (non-hydrogen) atoms. The third kappa shape index (κ3) is 8.89. The lowest BCUT2D eigenvalue weighted by Gasteiger charge is -2.13. The van der Waals surface area contributed by atoms with Gasteiger partial charge in [0.1, 0.15) is 29.7 Å². The highest BCUT2D eigenvalue weighted by molar-refractivity contribution is 5.84. The van der Waals surface area contributed by atoms with E-state index in [1.54, 1.807) is 26.6 Å². The van der Waals surface area contributed by atoms with E-state index in [1.807, 2.05) is 58.9 Å². The topological polar surface area (TPSA) is 72.2 Å². The summed E-state index contributed by atoms with van der Waals surface area (Å²) in [5.41, 5.74) is 3.04. The Labute approximate surface area is 205 Å². The standard InChI is InChI=1S/C23H29NO6.2C2H6/c1-7-12-29-18-10-8-17(9-11-18)23-20(14-30-24-23)19(16(2)26-4)13-21(27-5)22(28-6)15-25-3;2*1-2/h8-11,13-15H,7,12H2,1-6H3;2*1-2H3/b19-16-,21-13+,22-15-;;. The number of benzene rings is 1. The largest absolute Gasteiger partial charge is 0.501 e. The maximum absolute atomic E-state index is 5.66. The van der Waals surface area contributed by atoms with Gasteiger partial charge >= 0.3 is 0 Å². The van der Waals surface area contributed by atoms with E-state index in [1.165, 1.54) is 20.5 Å². The molecule has 0 aliphatic rings. The first-order valence-corrected chi connectivity index (χ1v) is 11.5. The second-order valence-corrected chi connectivity index (χ2v) is 6.26. The van der Waals surface area contributed by atoms with Crippen LogP contribution in [0, 0.1) is 0 Å². The maximum Gasteiger partial charge on any atom is 0.195 e. The minimum absolute atomic E-state index is 0.428. The fourth-order valence-electron chi connectivity index (χ4n) is 2.72. The van der Waals surface area contributed by atoms with Crippen molar-refractivity contribution in [1.29, 1.82) is 0 Å². The Bertz CT molecular complexity index is 894. The molecule has 1 heterocycles. The van der Waals surface area contributed by atoms with Crippen molar-refractivity contribution in [3.8, 4) is 17.0 Å². The van der Waals surface area contributed by atoms with E-state index < -0.39 is 0 Å². The number of ether oxygens (including phenoxy) is 5. The Kier molecular flexibility index (Phi) is 16.3. The van der Waals surface area contributed by atoms with Gasteiger partial charge in [-0.3, -0.25) is 0 Å². The van der Waals surface area contributed by atoms with E-state index >= 15 is 0 Å². The van der Waals surface area contributed by atoms with Crippen molar-refractivity contribution in [3.05, 3.63) is 65.7 Å². The lowest BCUT2D eigenvalue weighted by atomic mass is 10.00. The summed E-state index contributed by atoms with van der Waals surface area (Å²) < 4.78 is 32.4. The third-order valence-electron chi connectivity index (χ3n) is 4.33. The molecule has 0 N–H and O–H groups in total. The summed E-state index contributed by atoms with van der Waals surface area (Å²) in [7, 11) is 6.23. The summed E-state index contributed by atoms with van der Waals surface area (Å²) in [5.74, 6) is 2.35. The lowest BCUT2D eigenvalue weighted by Crippen LogP contribution is -1.99. The molecule has 0 spiro atoms. The van der Waals surface area contributed by atoms with Crippen molar-refractivity contribution >= 4 is 5.57 Å². The van der Waals surface area contributed by atoms with Crippen LogP contribution in [0.2, 0.25) is 0 Å². The lowest BCUT2D eigenvalue weighted by molar-refractivity contribution is 0.201. The van der Waals surface area contributed by atoms with Gasteiger partial charge in [0.2, 0.25) is 0 Å². The molecule has 0 saturated carbocycles. The zero-order valence-electron chi connectivity index (χ0n) is 22.4. The summed E-state index contributed by atoms with van der Waals surface area (Å²) >= 11 is 0. The van der Waals surface area contributed by atoms with Gasteiger partial charge in [0.15, 0.2) is 11.5 Å². The zero-order chi connectivity index (χ0) is 25.9. The quantitative estimate of drug-likeness (QED) is 0.251. The Morgan fingerprint density at radius 3 is 2.03 bits per heavy atom. The molecular formula is C27H41NO6. The monoisotopic (exact) mass is 475 g/mol. The van der Waals surface area contributed by atoms with Gasteiger partial charge in [-0.15, -0.1) is 0 Å². The first-order chi connectivity index (χ1) is 16.6. The minimum Gasteiger partial charge on any atom is -0.501 e. The van der Waals surface area contributed by atoms with Gasteiger partial charge in [0.25, 0.3) is 0 Å². The highest BCUT2D eigenvalue weighted by Gasteiger charge is 2.19. The zero-order valence-corrected chi connectivity index (χ0v) is 22.4.